The van der Waals surface area contributed by atoms with E-state index in [-0.39, 0.29) is 18.3 Å². The van der Waals surface area contributed by atoms with Crippen LogP contribution in [0.4, 0.5) is 0 Å². The Morgan fingerprint density at radius 2 is 1.20 bits per heavy atom. The van der Waals surface area contributed by atoms with Crippen molar-refractivity contribution in [3.63, 3.8) is 0 Å². The van der Waals surface area contributed by atoms with Gasteiger partial charge in [-0.2, -0.15) is 0 Å². The van der Waals surface area contributed by atoms with Gasteiger partial charge in [-0.3, -0.25) is 0 Å². The summed E-state index contributed by atoms with van der Waals surface area (Å²) in [7, 11) is 0. The lowest BCUT2D eigenvalue weighted by atomic mass is 10.0. The molecular weight excluding hydrogens is 444 g/mol. The van der Waals surface area contributed by atoms with E-state index in [0.29, 0.717) is 37.9 Å². The number of rotatable bonds is 15. The van der Waals surface area contributed by atoms with Gasteiger partial charge in [0.05, 0.1) is 19.8 Å². The Labute approximate surface area is 212 Å². The molecule has 0 amide bonds. The highest BCUT2D eigenvalue weighted by molar-refractivity contribution is 5.51. The van der Waals surface area contributed by atoms with Gasteiger partial charge in [-0.15, -0.1) is 0 Å². The van der Waals surface area contributed by atoms with Crippen LogP contribution < -0.4 is 0 Å². The molecule has 196 valence electrons. The Hall–Kier alpha value is -2.54. The molecule has 3 aliphatic rings. The number of allylic oxidation sites excluding steroid dienone is 9. The van der Waals surface area contributed by atoms with Crippen LogP contribution in [0.3, 0.4) is 0 Å². The van der Waals surface area contributed by atoms with Crippen LogP contribution in [-0.4, -0.2) is 58.0 Å². The Morgan fingerprint density at radius 1 is 0.714 bits per heavy atom. The minimum absolute atomic E-state index is 0.125. The SMILES string of the molecule is C=CC(=C(\C=C(/C=C)OCC1CO1)OCC1CO1)/C(/C=C\C(=C/C)OCC1CO1)=C/C.CC.CC. The van der Waals surface area contributed by atoms with E-state index in [1.165, 1.54) is 0 Å². The Balaban J connectivity index is 0.00000145. The summed E-state index contributed by atoms with van der Waals surface area (Å²) in [5, 5.41) is 0. The highest BCUT2D eigenvalue weighted by atomic mass is 16.6. The van der Waals surface area contributed by atoms with Crippen molar-refractivity contribution in [3.05, 3.63) is 84.1 Å². The van der Waals surface area contributed by atoms with Crippen molar-refractivity contribution in [1.29, 1.82) is 0 Å². The third-order valence-electron chi connectivity index (χ3n) is 4.78. The van der Waals surface area contributed by atoms with Gasteiger partial charge in [0.15, 0.2) is 0 Å². The zero-order chi connectivity index (χ0) is 26.1. The standard InChI is InChI=1S/C25H32O6.2C2H6/c1-5-18(9-10-19(6-2)26-12-21-14-28-21)24(8-4)25(31-17-23-16-30-23)11-20(7-3)27-13-22-15-29-22;2*1-2/h5-11,21-23H,3-4,12-17H2,1-2H3;2*1-2H3/b10-9-,18-5+,19-6+,20-11+,25-24-;;. The summed E-state index contributed by atoms with van der Waals surface area (Å²) in [5.41, 5.74) is 1.78. The predicted molar refractivity (Wildman–Crippen MR) is 142 cm³/mol. The van der Waals surface area contributed by atoms with Gasteiger partial charge in [-0.1, -0.05) is 59.1 Å². The summed E-state index contributed by atoms with van der Waals surface area (Å²) >= 11 is 0. The van der Waals surface area contributed by atoms with E-state index in [1.807, 2.05) is 71.9 Å². The minimum atomic E-state index is 0.125. The molecule has 3 heterocycles. The van der Waals surface area contributed by atoms with Crippen molar-refractivity contribution in [1.82, 2.24) is 0 Å². The van der Waals surface area contributed by atoms with Crippen molar-refractivity contribution in [2.45, 2.75) is 59.9 Å². The van der Waals surface area contributed by atoms with Gasteiger partial charge in [0.2, 0.25) is 0 Å². The molecule has 0 spiro atoms. The number of hydrogen-bond acceptors (Lipinski definition) is 6. The molecule has 3 rings (SSSR count). The molecule has 0 aromatic rings. The molecule has 0 saturated carbocycles. The number of hydrogen-bond donors (Lipinski definition) is 0. The Bertz CT molecular complexity index is 790. The quantitative estimate of drug-likeness (QED) is 0.155. The Kier molecular flexibility index (Phi) is 15.5. The molecule has 0 aromatic heterocycles. The lowest BCUT2D eigenvalue weighted by Gasteiger charge is -2.14. The van der Waals surface area contributed by atoms with Crippen molar-refractivity contribution in [2.24, 2.45) is 0 Å². The fourth-order valence-electron chi connectivity index (χ4n) is 2.64. The second-order valence-electron chi connectivity index (χ2n) is 7.30. The predicted octanol–water partition coefficient (Wildman–Crippen LogP) is 6.20. The van der Waals surface area contributed by atoms with Crippen molar-refractivity contribution in [2.75, 3.05) is 39.6 Å². The van der Waals surface area contributed by atoms with E-state index >= 15 is 0 Å². The summed E-state index contributed by atoms with van der Waals surface area (Å²) in [5.74, 6) is 2.04. The van der Waals surface area contributed by atoms with Gasteiger partial charge >= 0.3 is 0 Å². The van der Waals surface area contributed by atoms with Crippen molar-refractivity contribution >= 4 is 0 Å². The summed E-state index contributed by atoms with van der Waals surface area (Å²) in [6.07, 6.45) is 13.6. The molecule has 3 atom stereocenters. The van der Waals surface area contributed by atoms with Crippen molar-refractivity contribution in [3.8, 4) is 0 Å². The lowest BCUT2D eigenvalue weighted by molar-refractivity contribution is 0.177. The van der Waals surface area contributed by atoms with Crippen LogP contribution in [-0.2, 0) is 28.4 Å². The van der Waals surface area contributed by atoms with Crippen LogP contribution in [0.2, 0.25) is 0 Å². The number of ether oxygens (including phenoxy) is 6. The molecule has 3 saturated heterocycles. The molecule has 35 heavy (non-hydrogen) atoms. The van der Waals surface area contributed by atoms with E-state index in [2.05, 4.69) is 13.2 Å². The number of epoxide rings is 3. The summed E-state index contributed by atoms with van der Waals surface area (Å²) < 4.78 is 33.4. The smallest absolute Gasteiger partial charge is 0.130 e. The Morgan fingerprint density at radius 3 is 1.60 bits per heavy atom. The average Bonchev–Trinajstić information content (AvgIpc) is 3.74. The first-order chi connectivity index (χ1) is 17.2. The van der Waals surface area contributed by atoms with Crippen molar-refractivity contribution < 1.29 is 28.4 Å². The largest absolute Gasteiger partial charge is 0.491 e. The molecule has 0 bridgehead atoms. The first-order valence-corrected chi connectivity index (χ1v) is 12.6. The van der Waals surface area contributed by atoms with Gasteiger partial charge in [0, 0.05) is 11.6 Å². The summed E-state index contributed by atoms with van der Waals surface area (Å²) in [4.78, 5) is 0. The maximum Gasteiger partial charge on any atom is 0.130 e. The van der Waals surface area contributed by atoms with E-state index < -0.39 is 0 Å². The van der Waals surface area contributed by atoms with Gasteiger partial charge in [0.25, 0.3) is 0 Å². The highest BCUT2D eigenvalue weighted by Gasteiger charge is 2.25. The molecule has 0 radical (unpaired) electrons. The third kappa shape index (κ3) is 12.6. The first-order valence-electron chi connectivity index (χ1n) is 12.6. The fourth-order valence-corrected chi connectivity index (χ4v) is 2.64. The second kappa shape index (κ2) is 17.8. The van der Waals surface area contributed by atoms with Gasteiger partial charge < -0.3 is 28.4 Å². The monoisotopic (exact) mass is 488 g/mol. The zero-order valence-electron chi connectivity index (χ0n) is 22.4. The van der Waals surface area contributed by atoms with Gasteiger partial charge in [0.1, 0.15) is 55.4 Å². The maximum atomic E-state index is 6.09. The fraction of sp³-hybridized carbons (Fsp3) is 0.517. The maximum absolute atomic E-state index is 6.09. The van der Waals surface area contributed by atoms with Gasteiger partial charge in [-0.25, -0.2) is 0 Å². The van der Waals surface area contributed by atoms with E-state index in [1.54, 1.807) is 12.2 Å². The van der Waals surface area contributed by atoms with Gasteiger partial charge in [-0.05, 0) is 37.6 Å². The molecule has 3 aliphatic heterocycles. The van der Waals surface area contributed by atoms with Crippen LogP contribution in [0.1, 0.15) is 41.5 Å². The van der Waals surface area contributed by atoms with Crippen LogP contribution >= 0.6 is 0 Å². The first kappa shape index (κ1) is 30.5. The molecule has 6 heteroatoms. The molecule has 0 N–H and O–H groups in total. The van der Waals surface area contributed by atoms with Crippen LogP contribution in [0, 0.1) is 0 Å². The molecule has 6 nitrogen and oxygen atoms in total. The molecule has 0 aliphatic carbocycles. The average molecular weight is 489 g/mol. The molecular formula is C29H44O6. The molecule has 0 aromatic carbocycles. The molecule has 3 unspecified atom stereocenters. The minimum Gasteiger partial charge on any atom is -0.491 e. The van der Waals surface area contributed by atoms with E-state index in [0.717, 1.165) is 30.1 Å². The summed E-state index contributed by atoms with van der Waals surface area (Å²) in [6, 6.07) is 0. The lowest BCUT2D eigenvalue weighted by Crippen LogP contribution is -2.05. The van der Waals surface area contributed by atoms with E-state index in [4.69, 9.17) is 28.4 Å². The second-order valence-corrected chi connectivity index (χ2v) is 7.30. The topological polar surface area (TPSA) is 65.3 Å². The van der Waals surface area contributed by atoms with E-state index in [9.17, 15) is 0 Å². The third-order valence-corrected chi connectivity index (χ3v) is 4.78. The highest BCUT2D eigenvalue weighted by Crippen LogP contribution is 2.24. The molecule has 3 fully saturated rings. The zero-order valence-corrected chi connectivity index (χ0v) is 22.4. The van der Waals surface area contributed by atoms with Crippen LogP contribution in [0.5, 0.6) is 0 Å². The van der Waals surface area contributed by atoms with Crippen LogP contribution in [0.25, 0.3) is 0 Å². The summed E-state index contributed by atoms with van der Waals surface area (Å²) in [6.45, 7) is 23.5. The van der Waals surface area contributed by atoms with Crippen LogP contribution in [0.15, 0.2) is 84.1 Å². The normalized spacial score (nSPS) is 23.6.